The zero-order valence-corrected chi connectivity index (χ0v) is 57.9. The molecular weight excluding hydrogens is 1130 g/mol. The molecule has 0 aromatic rings. The largest absolute Gasteiger partial charge is 0.394 e. The van der Waals surface area contributed by atoms with Gasteiger partial charge >= 0.3 is 0 Å². The van der Waals surface area contributed by atoms with Crippen LogP contribution in [0.25, 0.3) is 0 Å². The van der Waals surface area contributed by atoms with Crippen LogP contribution in [0.2, 0.25) is 0 Å². The van der Waals surface area contributed by atoms with Crippen LogP contribution in [0.1, 0.15) is 348 Å². The van der Waals surface area contributed by atoms with Crippen LogP contribution in [0, 0.1) is 0 Å². The number of carbonyl (C=O) groups excluding carboxylic acids is 1. The molecule has 2 rings (SSSR count). The van der Waals surface area contributed by atoms with Crippen molar-refractivity contribution in [3.05, 3.63) is 36.5 Å². The molecule has 12 atom stereocenters. The number of aliphatic hydroxyl groups is 8. The van der Waals surface area contributed by atoms with Gasteiger partial charge in [-0.3, -0.25) is 4.79 Å². The molecule has 2 saturated heterocycles. The Hall–Kier alpha value is -1.79. The van der Waals surface area contributed by atoms with Crippen LogP contribution in [-0.4, -0.2) is 140 Å². The molecule has 0 aromatic heterocycles. The van der Waals surface area contributed by atoms with Crippen LogP contribution in [0.15, 0.2) is 36.5 Å². The van der Waals surface area contributed by atoms with E-state index in [-0.39, 0.29) is 12.5 Å². The summed E-state index contributed by atoms with van der Waals surface area (Å²) < 4.78 is 23.0. The van der Waals surface area contributed by atoms with Crippen molar-refractivity contribution in [1.29, 1.82) is 0 Å². The third-order valence-electron chi connectivity index (χ3n) is 18.9. The molecule has 2 aliphatic heterocycles. The van der Waals surface area contributed by atoms with E-state index in [1.165, 1.54) is 257 Å². The van der Waals surface area contributed by atoms with E-state index in [1.807, 2.05) is 0 Å². The molecule has 9 N–H and O–H groups in total. The molecule has 0 aliphatic carbocycles. The zero-order valence-electron chi connectivity index (χ0n) is 57.9. The summed E-state index contributed by atoms with van der Waals surface area (Å²) in [7, 11) is 0. The minimum absolute atomic E-state index is 0.202. The molecule has 530 valence electrons. The number of nitrogens with one attached hydrogen (secondary N) is 1. The third-order valence-corrected chi connectivity index (χ3v) is 18.9. The van der Waals surface area contributed by atoms with Gasteiger partial charge in [0.2, 0.25) is 5.91 Å². The van der Waals surface area contributed by atoms with Crippen molar-refractivity contribution in [1.82, 2.24) is 5.32 Å². The number of hydrogen-bond donors (Lipinski definition) is 9. The molecule has 0 spiro atoms. The second-order valence-electron chi connectivity index (χ2n) is 27.1. The summed E-state index contributed by atoms with van der Waals surface area (Å²) in [6.45, 7) is 2.91. The average Bonchev–Trinajstić information content (AvgIpc) is 1.26. The summed E-state index contributed by atoms with van der Waals surface area (Å²) in [6.07, 6.45) is 61.7. The molecule has 2 heterocycles. The highest BCUT2D eigenvalue weighted by atomic mass is 16.7. The van der Waals surface area contributed by atoms with Gasteiger partial charge in [0.25, 0.3) is 0 Å². The topological polar surface area (TPSA) is 228 Å². The molecule has 0 radical (unpaired) electrons. The summed E-state index contributed by atoms with van der Waals surface area (Å²) in [4.78, 5) is 13.4. The Labute approximate surface area is 551 Å². The van der Waals surface area contributed by atoms with E-state index in [9.17, 15) is 45.6 Å². The Morgan fingerprint density at radius 2 is 0.733 bits per heavy atom. The first-order chi connectivity index (χ1) is 44.1. The van der Waals surface area contributed by atoms with Crippen LogP contribution in [0.3, 0.4) is 0 Å². The first-order valence-corrected chi connectivity index (χ1v) is 38.2. The van der Waals surface area contributed by atoms with E-state index < -0.39 is 86.8 Å². The first-order valence-electron chi connectivity index (χ1n) is 38.2. The van der Waals surface area contributed by atoms with Gasteiger partial charge in [0.05, 0.1) is 32.0 Å². The van der Waals surface area contributed by atoms with Gasteiger partial charge in [0.15, 0.2) is 12.6 Å². The van der Waals surface area contributed by atoms with Gasteiger partial charge in [-0.15, -0.1) is 0 Å². The number of aliphatic hydroxyl groups excluding tert-OH is 8. The number of hydrogen-bond acceptors (Lipinski definition) is 13. The first kappa shape index (κ1) is 84.3. The van der Waals surface area contributed by atoms with Gasteiger partial charge in [-0.25, -0.2) is 0 Å². The molecule has 0 bridgehead atoms. The number of allylic oxidation sites excluding steroid dienone is 6. The average molecular weight is 1280 g/mol. The molecule has 0 saturated carbocycles. The van der Waals surface area contributed by atoms with Crippen molar-refractivity contribution in [2.45, 2.75) is 421 Å². The van der Waals surface area contributed by atoms with Gasteiger partial charge in [-0.2, -0.15) is 0 Å². The zero-order chi connectivity index (χ0) is 65.2. The van der Waals surface area contributed by atoms with Crippen molar-refractivity contribution in [2.24, 2.45) is 0 Å². The molecule has 14 nitrogen and oxygen atoms in total. The van der Waals surface area contributed by atoms with E-state index in [1.54, 1.807) is 0 Å². The van der Waals surface area contributed by atoms with Crippen LogP contribution in [0.5, 0.6) is 0 Å². The van der Waals surface area contributed by atoms with E-state index in [0.29, 0.717) is 12.8 Å². The fraction of sp³-hybridized carbons (Fsp3) is 0.908. The molecule has 1 amide bonds. The second kappa shape index (κ2) is 60.8. The van der Waals surface area contributed by atoms with Crippen molar-refractivity contribution in [3.63, 3.8) is 0 Å². The van der Waals surface area contributed by atoms with Gasteiger partial charge in [0, 0.05) is 6.42 Å². The van der Waals surface area contributed by atoms with Crippen LogP contribution in [-0.2, 0) is 23.7 Å². The normalized spacial score (nSPS) is 23.0. The third kappa shape index (κ3) is 44.0. The predicted octanol–water partition coefficient (Wildman–Crippen LogP) is 16.5. The summed E-state index contributed by atoms with van der Waals surface area (Å²) in [6, 6.07) is -0.831. The Balaban J connectivity index is 1.64. The lowest BCUT2D eigenvalue weighted by atomic mass is 9.97. The number of ether oxygens (including phenoxy) is 4. The lowest BCUT2D eigenvalue weighted by molar-refractivity contribution is -0.359. The van der Waals surface area contributed by atoms with Crippen molar-refractivity contribution in [3.8, 4) is 0 Å². The summed E-state index contributed by atoms with van der Waals surface area (Å²) in [5.41, 5.74) is 0. The number of rotatable bonds is 64. The van der Waals surface area contributed by atoms with E-state index in [0.717, 1.165) is 64.2 Å². The van der Waals surface area contributed by atoms with Crippen LogP contribution >= 0.6 is 0 Å². The molecule has 14 heteroatoms. The standard InChI is InChI=1S/C76H143NO13/c1-3-5-7-9-11-13-15-17-19-21-23-25-27-29-31-32-34-36-38-40-42-44-46-48-50-52-54-56-58-60-68(81)77-64(63-87-75-73(86)71(84)74(67(62-79)89-75)90-76-72(85)70(83)69(82)66(61-78)88-76)65(80)59-57-55-53-51-49-47-45-43-41-39-37-35-33-30-28-26-24-22-20-18-16-14-12-10-8-6-4-2/h15,17,21,23,27,29,64-67,69-76,78-80,82-86H,3-14,16,18-20,22,24-26,28,30-63H2,1-2H3,(H,77,81)/b17-15-,23-21-,29-27-. The Morgan fingerprint density at radius 1 is 0.400 bits per heavy atom. The second-order valence-corrected chi connectivity index (χ2v) is 27.1. The predicted molar refractivity (Wildman–Crippen MR) is 369 cm³/mol. The monoisotopic (exact) mass is 1280 g/mol. The molecule has 0 aromatic carbocycles. The van der Waals surface area contributed by atoms with Crippen LogP contribution in [0.4, 0.5) is 0 Å². The maximum Gasteiger partial charge on any atom is 0.220 e. The van der Waals surface area contributed by atoms with Crippen molar-refractivity contribution < 1.29 is 64.6 Å². The van der Waals surface area contributed by atoms with Crippen molar-refractivity contribution >= 4 is 5.91 Å². The minimum Gasteiger partial charge on any atom is -0.394 e. The van der Waals surface area contributed by atoms with Crippen molar-refractivity contribution in [2.75, 3.05) is 19.8 Å². The van der Waals surface area contributed by atoms with E-state index >= 15 is 0 Å². The molecular formula is C76H143NO13. The van der Waals surface area contributed by atoms with Crippen LogP contribution < -0.4 is 5.32 Å². The Morgan fingerprint density at radius 3 is 1.12 bits per heavy atom. The quantitative estimate of drug-likeness (QED) is 0.0204. The lowest BCUT2D eigenvalue weighted by Gasteiger charge is -2.46. The minimum atomic E-state index is -1.78. The molecule has 12 unspecified atom stereocenters. The SMILES string of the molecule is CCCCCCC/C=C\C/C=C\C/C=C\CCCCCCCCCCCCCCCCC(=O)NC(COC1OC(CO)C(OC2OC(CO)C(O)C(O)C2O)C(O)C1O)C(O)CCCCCCCCCCCCCCCCCCCCCCCCCCCCC. The summed E-state index contributed by atoms with van der Waals surface area (Å²) >= 11 is 0. The number of amides is 1. The van der Waals surface area contributed by atoms with E-state index in [4.69, 9.17) is 18.9 Å². The fourth-order valence-electron chi connectivity index (χ4n) is 12.8. The summed E-state index contributed by atoms with van der Waals surface area (Å²) in [5, 5.41) is 87.8. The molecule has 2 aliphatic rings. The van der Waals surface area contributed by atoms with Gasteiger partial charge in [-0.1, -0.05) is 326 Å². The summed E-state index contributed by atoms with van der Waals surface area (Å²) in [5.74, 6) is -0.202. The Kier molecular flexibility index (Phi) is 57.0. The van der Waals surface area contributed by atoms with E-state index in [2.05, 4.69) is 55.6 Å². The number of unbranched alkanes of at least 4 members (excludes halogenated alkanes) is 45. The maximum absolute atomic E-state index is 13.4. The Bertz CT molecular complexity index is 1650. The smallest absolute Gasteiger partial charge is 0.220 e. The highest BCUT2D eigenvalue weighted by Gasteiger charge is 2.51. The number of carbonyl (C=O) groups is 1. The fourth-order valence-corrected chi connectivity index (χ4v) is 12.8. The molecule has 2 fully saturated rings. The highest BCUT2D eigenvalue weighted by molar-refractivity contribution is 5.76. The highest BCUT2D eigenvalue weighted by Crippen LogP contribution is 2.30. The molecule has 90 heavy (non-hydrogen) atoms. The maximum atomic E-state index is 13.4. The van der Waals surface area contributed by atoms with Gasteiger partial charge in [0.1, 0.15) is 48.8 Å². The van der Waals surface area contributed by atoms with Gasteiger partial charge in [-0.05, 0) is 51.4 Å². The lowest BCUT2D eigenvalue weighted by Crippen LogP contribution is -2.65. The van der Waals surface area contributed by atoms with Gasteiger partial charge < -0.3 is 65.1 Å².